The van der Waals surface area contributed by atoms with Crippen LogP contribution in [0.15, 0.2) is 0 Å². The topological polar surface area (TPSA) is 20.3 Å². The highest BCUT2D eigenvalue weighted by Crippen LogP contribution is 2.02. The molecule has 1 atom stereocenters. The van der Waals surface area contributed by atoms with Crippen molar-refractivity contribution in [3.8, 4) is 0 Å². The summed E-state index contributed by atoms with van der Waals surface area (Å²) in [6, 6.07) is 0. The fourth-order valence-electron chi connectivity index (χ4n) is 1.03. The second-order valence-corrected chi connectivity index (χ2v) is 3.88. The molecule has 0 spiro atoms. The lowest BCUT2D eigenvalue weighted by atomic mass is 10.4. The van der Waals surface area contributed by atoms with Crippen LogP contribution in [0.3, 0.4) is 0 Å². The van der Waals surface area contributed by atoms with Crippen molar-refractivity contribution >= 4 is 10.8 Å². The first-order chi connectivity index (χ1) is 4.33. The summed E-state index contributed by atoms with van der Waals surface area (Å²) in [7, 11) is -0.544. The Kier molecular flexibility index (Phi) is 2.66. The fourth-order valence-corrected chi connectivity index (χ4v) is 2.33. The van der Waals surface area contributed by atoms with E-state index >= 15 is 0 Å². The summed E-state index contributed by atoms with van der Waals surface area (Å²) < 4.78 is 10.9. The molecular weight excluding hydrogens is 134 g/mol. The van der Waals surface area contributed by atoms with Crippen LogP contribution < -0.4 is 0 Å². The lowest BCUT2D eigenvalue weighted by Gasteiger charge is -2.23. The molecule has 9 heavy (non-hydrogen) atoms. The van der Waals surface area contributed by atoms with Gasteiger partial charge in [0.05, 0.1) is 5.88 Å². The normalized spacial score (nSPS) is 30.6. The molecule has 0 aliphatic carbocycles. The molecule has 0 aromatic heterocycles. The van der Waals surface area contributed by atoms with Crippen molar-refractivity contribution < 1.29 is 4.21 Å². The maximum absolute atomic E-state index is 10.9. The van der Waals surface area contributed by atoms with Gasteiger partial charge < -0.3 is 0 Å². The molecule has 54 valence electrons. The molecule has 0 N–H and O–H groups in total. The van der Waals surface area contributed by atoms with Gasteiger partial charge in [-0.2, -0.15) is 0 Å². The van der Waals surface area contributed by atoms with Crippen LogP contribution in [0.1, 0.15) is 13.3 Å². The Bertz CT molecular complexity index is 116. The molecule has 1 heterocycles. The predicted molar refractivity (Wildman–Crippen MR) is 39.7 cm³/mol. The standard InChI is InChI=1S/C6H13NOS/c1-2-7-4-3-5-9(8)6-7/h2-6H2,1H3. The van der Waals surface area contributed by atoms with Crippen molar-refractivity contribution in [1.29, 1.82) is 0 Å². The zero-order chi connectivity index (χ0) is 6.69. The number of hydrogen-bond donors (Lipinski definition) is 0. The van der Waals surface area contributed by atoms with Gasteiger partial charge in [0, 0.05) is 16.6 Å². The second kappa shape index (κ2) is 3.32. The van der Waals surface area contributed by atoms with Crippen LogP contribution in [0, 0.1) is 0 Å². The van der Waals surface area contributed by atoms with E-state index < -0.39 is 10.8 Å². The van der Waals surface area contributed by atoms with Crippen molar-refractivity contribution in [3.05, 3.63) is 0 Å². The summed E-state index contributed by atoms with van der Waals surface area (Å²) in [6.45, 7) is 4.30. The molecule has 0 aromatic carbocycles. The Hall–Kier alpha value is 0.110. The third-order valence-corrected chi connectivity index (χ3v) is 3.02. The quantitative estimate of drug-likeness (QED) is 0.535. The lowest BCUT2D eigenvalue weighted by Crippen LogP contribution is -2.34. The first kappa shape index (κ1) is 7.22. The van der Waals surface area contributed by atoms with Crippen molar-refractivity contribution in [2.75, 3.05) is 24.7 Å². The Morgan fingerprint density at radius 2 is 2.44 bits per heavy atom. The van der Waals surface area contributed by atoms with Crippen LogP contribution in [0.5, 0.6) is 0 Å². The zero-order valence-corrected chi connectivity index (χ0v) is 6.62. The smallest absolute Gasteiger partial charge is 0.0747 e. The van der Waals surface area contributed by atoms with Gasteiger partial charge in [-0.05, 0) is 19.5 Å². The molecule has 1 aliphatic heterocycles. The summed E-state index contributed by atoms with van der Waals surface area (Å²) in [5, 5.41) is 0. The first-order valence-electron chi connectivity index (χ1n) is 3.40. The molecule has 1 saturated heterocycles. The Morgan fingerprint density at radius 1 is 1.67 bits per heavy atom. The molecule has 3 heteroatoms. The summed E-state index contributed by atoms with van der Waals surface area (Å²) in [5.74, 6) is 1.72. The van der Waals surface area contributed by atoms with Crippen molar-refractivity contribution in [2.45, 2.75) is 13.3 Å². The molecule has 0 radical (unpaired) electrons. The Morgan fingerprint density at radius 3 is 2.89 bits per heavy atom. The summed E-state index contributed by atoms with van der Waals surface area (Å²) >= 11 is 0. The van der Waals surface area contributed by atoms with Gasteiger partial charge in [-0.1, -0.05) is 6.92 Å². The number of hydrogen-bond acceptors (Lipinski definition) is 2. The number of nitrogens with zero attached hydrogens (tertiary/aromatic N) is 1. The average molecular weight is 147 g/mol. The minimum Gasteiger partial charge on any atom is -0.292 e. The first-order valence-corrected chi connectivity index (χ1v) is 4.89. The van der Waals surface area contributed by atoms with E-state index in [0.29, 0.717) is 0 Å². The van der Waals surface area contributed by atoms with Crippen LogP contribution in [-0.2, 0) is 10.8 Å². The largest absolute Gasteiger partial charge is 0.292 e. The average Bonchev–Trinajstić information content (AvgIpc) is 1.88. The van der Waals surface area contributed by atoms with Crippen LogP contribution in [0.2, 0.25) is 0 Å². The molecule has 0 saturated carbocycles. The molecule has 0 amide bonds. The molecule has 1 fully saturated rings. The lowest BCUT2D eigenvalue weighted by molar-refractivity contribution is 0.326. The maximum atomic E-state index is 10.9. The highest BCUT2D eigenvalue weighted by atomic mass is 32.2. The van der Waals surface area contributed by atoms with Gasteiger partial charge in [-0.25, -0.2) is 0 Å². The van der Waals surface area contributed by atoms with E-state index in [4.69, 9.17) is 0 Å². The third-order valence-electron chi connectivity index (χ3n) is 1.62. The molecular formula is C6H13NOS. The Balaban J connectivity index is 2.32. The van der Waals surface area contributed by atoms with Crippen LogP contribution >= 0.6 is 0 Å². The maximum Gasteiger partial charge on any atom is 0.0747 e. The summed E-state index contributed by atoms with van der Waals surface area (Å²) in [4.78, 5) is 2.24. The minimum absolute atomic E-state index is 0.544. The van der Waals surface area contributed by atoms with Crippen LogP contribution in [0.4, 0.5) is 0 Å². The van der Waals surface area contributed by atoms with Gasteiger partial charge in [0.2, 0.25) is 0 Å². The van der Waals surface area contributed by atoms with E-state index in [0.717, 1.165) is 31.1 Å². The van der Waals surface area contributed by atoms with E-state index in [-0.39, 0.29) is 0 Å². The molecule has 0 aromatic rings. The van der Waals surface area contributed by atoms with Crippen molar-refractivity contribution in [1.82, 2.24) is 4.90 Å². The van der Waals surface area contributed by atoms with E-state index in [1.807, 2.05) is 0 Å². The van der Waals surface area contributed by atoms with Gasteiger partial charge in [0.25, 0.3) is 0 Å². The second-order valence-electron chi connectivity index (χ2n) is 2.34. The van der Waals surface area contributed by atoms with Gasteiger partial charge in [0.15, 0.2) is 0 Å². The Labute approximate surface area is 58.7 Å². The van der Waals surface area contributed by atoms with E-state index in [9.17, 15) is 4.21 Å². The van der Waals surface area contributed by atoms with E-state index in [2.05, 4.69) is 11.8 Å². The molecule has 1 aliphatic rings. The fraction of sp³-hybridized carbons (Fsp3) is 1.00. The van der Waals surface area contributed by atoms with Crippen molar-refractivity contribution in [3.63, 3.8) is 0 Å². The van der Waals surface area contributed by atoms with Crippen molar-refractivity contribution in [2.24, 2.45) is 0 Å². The SMILES string of the molecule is CCN1CCCS(=O)C1. The third kappa shape index (κ3) is 2.06. The van der Waals surface area contributed by atoms with Gasteiger partial charge in [-0.3, -0.25) is 9.11 Å². The van der Waals surface area contributed by atoms with Crippen LogP contribution in [0.25, 0.3) is 0 Å². The summed E-state index contributed by atoms with van der Waals surface area (Å²) in [6.07, 6.45) is 1.11. The van der Waals surface area contributed by atoms with Gasteiger partial charge >= 0.3 is 0 Å². The van der Waals surface area contributed by atoms with Gasteiger partial charge in [-0.15, -0.1) is 0 Å². The highest BCUT2D eigenvalue weighted by molar-refractivity contribution is 7.84. The zero-order valence-electron chi connectivity index (χ0n) is 5.80. The highest BCUT2D eigenvalue weighted by Gasteiger charge is 2.12. The van der Waals surface area contributed by atoms with Crippen LogP contribution in [-0.4, -0.2) is 33.8 Å². The molecule has 1 rings (SSSR count). The molecule has 1 unspecified atom stereocenters. The molecule has 0 bridgehead atoms. The number of rotatable bonds is 1. The predicted octanol–water partition coefficient (Wildman–Crippen LogP) is 0.418. The molecule has 2 nitrogen and oxygen atoms in total. The summed E-state index contributed by atoms with van der Waals surface area (Å²) in [5.41, 5.74) is 0. The van der Waals surface area contributed by atoms with Gasteiger partial charge in [0.1, 0.15) is 0 Å². The monoisotopic (exact) mass is 147 g/mol. The van der Waals surface area contributed by atoms with E-state index in [1.165, 1.54) is 0 Å². The van der Waals surface area contributed by atoms with E-state index in [1.54, 1.807) is 0 Å². The minimum atomic E-state index is -0.544.